The number of rotatable bonds is 6. The second-order valence-corrected chi connectivity index (χ2v) is 8.21. The maximum atomic E-state index is 12.3. The average molecular weight is 360 g/mol. The Bertz CT molecular complexity index is 768. The van der Waals surface area contributed by atoms with E-state index in [0.29, 0.717) is 5.69 Å². The van der Waals surface area contributed by atoms with Gasteiger partial charge in [0.1, 0.15) is 11.9 Å². The molecule has 3 rings (SSSR count). The molecule has 2 aromatic rings. The van der Waals surface area contributed by atoms with E-state index in [-0.39, 0.29) is 11.9 Å². The molecule has 5 nitrogen and oxygen atoms in total. The third-order valence-corrected chi connectivity index (χ3v) is 5.56. The molecule has 0 amide bonds. The molecule has 1 saturated heterocycles. The number of hydrogen-bond donors (Lipinski definition) is 1. The first-order valence-corrected chi connectivity index (χ1v) is 10.1. The van der Waals surface area contributed by atoms with Crippen LogP contribution in [0.15, 0.2) is 54.6 Å². The number of nitrogens with one attached hydrogen (secondary N) is 1. The Labute approximate surface area is 149 Å². The third-order valence-electron chi connectivity index (χ3n) is 4.30. The molecule has 0 radical (unpaired) electrons. The van der Waals surface area contributed by atoms with Gasteiger partial charge >= 0.3 is 0 Å². The number of sulfonamides is 1. The standard InChI is InChI=1S/C19H24N2O3S/c1-21-13-11-19(12-14-21)24-18-9-7-17(8-10-18)20-25(22,23)15-16-5-3-2-4-6-16/h2-10,19-20H,11-15H2,1H3. The minimum atomic E-state index is -3.43. The predicted octanol–water partition coefficient (Wildman–Crippen LogP) is 3.10. The van der Waals surface area contributed by atoms with Crippen LogP contribution in [0.2, 0.25) is 0 Å². The minimum absolute atomic E-state index is 0.0400. The molecule has 1 aliphatic rings. The van der Waals surface area contributed by atoms with Crippen LogP contribution in [0.1, 0.15) is 18.4 Å². The van der Waals surface area contributed by atoms with Crippen LogP contribution >= 0.6 is 0 Å². The molecule has 25 heavy (non-hydrogen) atoms. The molecular weight excluding hydrogens is 336 g/mol. The van der Waals surface area contributed by atoms with Crippen molar-refractivity contribution in [3.63, 3.8) is 0 Å². The molecule has 0 saturated carbocycles. The van der Waals surface area contributed by atoms with Crippen LogP contribution in [0, 0.1) is 0 Å². The minimum Gasteiger partial charge on any atom is -0.490 e. The predicted molar refractivity (Wildman–Crippen MR) is 100 cm³/mol. The van der Waals surface area contributed by atoms with E-state index in [4.69, 9.17) is 4.74 Å². The van der Waals surface area contributed by atoms with Crippen LogP contribution in [-0.2, 0) is 15.8 Å². The zero-order valence-corrected chi connectivity index (χ0v) is 15.2. The van der Waals surface area contributed by atoms with E-state index in [2.05, 4.69) is 16.7 Å². The van der Waals surface area contributed by atoms with E-state index >= 15 is 0 Å². The number of anilines is 1. The summed E-state index contributed by atoms with van der Waals surface area (Å²) in [7, 11) is -1.31. The SMILES string of the molecule is CN1CCC(Oc2ccc(NS(=O)(=O)Cc3ccccc3)cc2)CC1. The molecular formula is C19H24N2O3S. The monoisotopic (exact) mass is 360 g/mol. The topological polar surface area (TPSA) is 58.6 Å². The van der Waals surface area contributed by atoms with Gasteiger partial charge in [-0.2, -0.15) is 0 Å². The molecule has 1 N–H and O–H groups in total. The third kappa shape index (κ3) is 5.47. The number of likely N-dealkylation sites (tertiary alicyclic amines) is 1. The molecule has 0 atom stereocenters. The number of piperidine rings is 1. The quantitative estimate of drug-likeness (QED) is 0.860. The molecule has 0 unspecified atom stereocenters. The number of hydrogen-bond acceptors (Lipinski definition) is 4. The molecule has 0 bridgehead atoms. The Morgan fingerprint density at radius 2 is 1.68 bits per heavy atom. The van der Waals surface area contributed by atoms with Gasteiger partial charge in [0.25, 0.3) is 0 Å². The van der Waals surface area contributed by atoms with Crippen molar-refractivity contribution in [3.05, 3.63) is 60.2 Å². The second kappa shape index (κ2) is 7.89. The normalized spacial score (nSPS) is 16.5. The van der Waals surface area contributed by atoms with E-state index < -0.39 is 10.0 Å². The van der Waals surface area contributed by atoms with Gasteiger partial charge in [-0.1, -0.05) is 30.3 Å². The number of benzene rings is 2. The zero-order valence-electron chi connectivity index (χ0n) is 14.4. The van der Waals surface area contributed by atoms with Crippen molar-refractivity contribution in [1.82, 2.24) is 4.90 Å². The van der Waals surface area contributed by atoms with Crippen LogP contribution < -0.4 is 9.46 Å². The highest BCUT2D eigenvalue weighted by atomic mass is 32.2. The van der Waals surface area contributed by atoms with Gasteiger partial charge in [0.05, 0.1) is 5.75 Å². The summed E-state index contributed by atoms with van der Waals surface area (Å²) in [5.74, 6) is 0.738. The van der Waals surface area contributed by atoms with Crippen molar-refractivity contribution in [3.8, 4) is 5.75 Å². The summed E-state index contributed by atoms with van der Waals surface area (Å²) >= 11 is 0. The molecule has 134 valence electrons. The van der Waals surface area contributed by atoms with Gasteiger partial charge in [0.2, 0.25) is 10.0 Å². The maximum absolute atomic E-state index is 12.3. The summed E-state index contributed by atoms with van der Waals surface area (Å²) in [5.41, 5.74) is 1.31. The van der Waals surface area contributed by atoms with Crippen LogP contribution in [0.4, 0.5) is 5.69 Å². The average Bonchev–Trinajstić information content (AvgIpc) is 2.59. The van der Waals surface area contributed by atoms with Gasteiger partial charge in [0, 0.05) is 18.8 Å². The lowest BCUT2D eigenvalue weighted by atomic mass is 10.1. The molecule has 0 aliphatic carbocycles. The molecule has 0 spiro atoms. The summed E-state index contributed by atoms with van der Waals surface area (Å²) in [5, 5.41) is 0. The number of nitrogens with zero attached hydrogens (tertiary/aromatic N) is 1. The van der Waals surface area contributed by atoms with Gasteiger partial charge in [-0.05, 0) is 49.7 Å². The van der Waals surface area contributed by atoms with Gasteiger partial charge < -0.3 is 9.64 Å². The van der Waals surface area contributed by atoms with Crippen molar-refractivity contribution >= 4 is 15.7 Å². The zero-order chi connectivity index (χ0) is 17.7. The fourth-order valence-electron chi connectivity index (χ4n) is 2.91. The van der Waals surface area contributed by atoms with Gasteiger partial charge in [-0.3, -0.25) is 4.72 Å². The lowest BCUT2D eigenvalue weighted by molar-refractivity contribution is 0.114. The number of ether oxygens (including phenoxy) is 1. The fraction of sp³-hybridized carbons (Fsp3) is 0.368. The molecule has 1 aliphatic heterocycles. The summed E-state index contributed by atoms with van der Waals surface area (Å²) < 4.78 is 33.1. The van der Waals surface area contributed by atoms with Crippen molar-refractivity contribution < 1.29 is 13.2 Å². The Morgan fingerprint density at radius 1 is 1.04 bits per heavy atom. The van der Waals surface area contributed by atoms with Crippen LogP contribution in [0.5, 0.6) is 5.75 Å². The smallest absolute Gasteiger partial charge is 0.236 e. The first-order chi connectivity index (χ1) is 12.0. The molecule has 2 aromatic carbocycles. The van der Waals surface area contributed by atoms with Gasteiger partial charge in [0.15, 0.2) is 0 Å². The molecule has 6 heteroatoms. The molecule has 1 fully saturated rings. The lowest BCUT2D eigenvalue weighted by Crippen LogP contribution is -2.35. The molecule has 1 heterocycles. The van der Waals surface area contributed by atoms with E-state index in [9.17, 15) is 8.42 Å². The summed E-state index contributed by atoms with van der Waals surface area (Å²) in [4.78, 5) is 2.30. The van der Waals surface area contributed by atoms with E-state index in [1.54, 1.807) is 24.3 Å². The Hall–Kier alpha value is -2.05. The Kier molecular flexibility index (Phi) is 5.60. The summed E-state index contributed by atoms with van der Waals surface area (Å²) in [6, 6.07) is 16.3. The van der Waals surface area contributed by atoms with E-state index in [1.807, 2.05) is 30.3 Å². The van der Waals surface area contributed by atoms with Gasteiger partial charge in [-0.15, -0.1) is 0 Å². The van der Waals surface area contributed by atoms with Crippen molar-refractivity contribution in [1.29, 1.82) is 0 Å². The van der Waals surface area contributed by atoms with Crippen molar-refractivity contribution in [2.75, 3.05) is 24.9 Å². The molecule has 0 aromatic heterocycles. The van der Waals surface area contributed by atoms with E-state index in [0.717, 1.165) is 37.2 Å². The highest BCUT2D eigenvalue weighted by molar-refractivity contribution is 7.91. The largest absolute Gasteiger partial charge is 0.490 e. The van der Waals surface area contributed by atoms with Gasteiger partial charge in [-0.25, -0.2) is 8.42 Å². The van der Waals surface area contributed by atoms with Crippen LogP contribution in [-0.4, -0.2) is 39.6 Å². The van der Waals surface area contributed by atoms with E-state index in [1.165, 1.54) is 0 Å². The summed E-state index contributed by atoms with van der Waals surface area (Å²) in [6.07, 6.45) is 2.26. The highest BCUT2D eigenvalue weighted by Crippen LogP contribution is 2.21. The summed E-state index contributed by atoms with van der Waals surface area (Å²) in [6.45, 7) is 2.09. The highest BCUT2D eigenvalue weighted by Gasteiger charge is 2.18. The van der Waals surface area contributed by atoms with Crippen LogP contribution in [0.3, 0.4) is 0 Å². The Balaban J connectivity index is 1.57. The van der Waals surface area contributed by atoms with Crippen molar-refractivity contribution in [2.24, 2.45) is 0 Å². The first kappa shape index (κ1) is 17.8. The van der Waals surface area contributed by atoms with Crippen LogP contribution in [0.25, 0.3) is 0 Å². The first-order valence-electron chi connectivity index (χ1n) is 8.50. The lowest BCUT2D eigenvalue weighted by Gasteiger charge is -2.29. The Morgan fingerprint density at radius 3 is 2.32 bits per heavy atom. The fourth-order valence-corrected chi connectivity index (χ4v) is 4.10. The maximum Gasteiger partial charge on any atom is 0.236 e. The van der Waals surface area contributed by atoms with Crippen molar-refractivity contribution in [2.45, 2.75) is 24.7 Å². The second-order valence-electron chi connectivity index (χ2n) is 6.49.